The van der Waals surface area contributed by atoms with Crippen LogP contribution < -0.4 is 0 Å². The van der Waals surface area contributed by atoms with Gasteiger partial charge in [0.05, 0.1) is 23.6 Å². The summed E-state index contributed by atoms with van der Waals surface area (Å²) < 4.78 is 0. The molecule has 0 spiro atoms. The molecule has 0 unspecified atom stereocenters. The number of hydrogen-bond acceptors (Lipinski definition) is 3. The van der Waals surface area contributed by atoms with Crippen molar-refractivity contribution in [2.75, 3.05) is 0 Å². The Morgan fingerprint density at radius 3 is 2.47 bits per heavy atom. The second-order valence-electron chi connectivity index (χ2n) is 3.01. The van der Waals surface area contributed by atoms with Gasteiger partial charge in [-0.1, -0.05) is 11.8 Å². The molecular weight excluding hydrogens is 222 g/mol. The van der Waals surface area contributed by atoms with Crippen LogP contribution in [0.5, 0.6) is 0 Å². The normalized spacial score (nSPS) is 8.65. The van der Waals surface area contributed by atoms with Gasteiger partial charge >= 0.3 is 11.9 Å². The van der Waals surface area contributed by atoms with Gasteiger partial charge in [0, 0.05) is 5.56 Å². The van der Waals surface area contributed by atoms with Crippen molar-refractivity contribution in [3.8, 4) is 17.9 Å². The van der Waals surface area contributed by atoms with E-state index in [0.717, 1.165) is 0 Å². The highest BCUT2D eigenvalue weighted by Crippen LogP contribution is 2.11. The van der Waals surface area contributed by atoms with Gasteiger partial charge in [0.1, 0.15) is 0 Å². The number of carbonyl (C=O) groups is 2. The molecule has 5 heteroatoms. The quantitative estimate of drug-likeness (QED) is 0.746. The monoisotopic (exact) mass is 229 g/mol. The minimum absolute atomic E-state index is 0.0451. The Bertz CT molecular complexity index is 572. The molecule has 1 rings (SSSR count). The number of hydrogen-bond donors (Lipinski definition) is 2. The lowest BCUT2D eigenvalue weighted by Gasteiger charge is -2.00. The van der Waals surface area contributed by atoms with Crippen molar-refractivity contribution in [1.82, 2.24) is 0 Å². The number of benzene rings is 1. The molecule has 0 saturated carbocycles. The molecule has 2 N–H and O–H groups in total. The SMILES string of the molecule is N#CCC#Cc1cc(C(=O)O)ccc1C(=O)O. The number of nitriles is 1. The van der Waals surface area contributed by atoms with Crippen molar-refractivity contribution in [2.45, 2.75) is 6.42 Å². The van der Waals surface area contributed by atoms with Crippen LogP contribution in [0.2, 0.25) is 0 Å². The van der Waals surface area contributed by atoms with Gasteiger partial charge < -0.3 is 10.2 Å². The van der Waals surface area contributed by atoms with Gasteiger partial charge in [-0.3, -0.25) is 0 Å². The van der Waals surface area contributed by atoms with E-state index < -0.39 is 11.9 Å². The van der Waals surface area contributed by atoms with Crippen LogP contribution in [0.4, 0.5) is 0 Å². The summed E-state index contributed by atoms with van der Waals surface area (Å²) in [5.41, 5.74) is -0.0376. The minimum atomic E-state index is -1.19. The highest BCUT2D eigenvalue weighted by atomic mass is 16.4. The van der Waals surface area contributed by atoms with Gasteiger partial charge in [0.2, 0.25) is 0 Å². The summed E-state index contributed by atoms with van der Waals surface area (Å²) in [6.07, 6.45) is -0.0453. The third kappa shape index (κ3) is 3.08. The molecule has 0 radical (unpaired) electrons. The van der Waals surface area contributed by atoms with Crippen LogP contribution in [0.15, 0.2) is 18.2 Å². The van der Waals surface area contributed by atoms with Crippen LogP contribution in [0.3, 0.4) is 0 Å². The van der Waals surface area contributed by atoms with Crippen LogP contribution in [-0.4, -0.2) is 22.2 Å². The number of carboxylic acids is 2. The molecule has 0 heterocycles. The molecular formula is C12H7NO4. The van der Waals surface area contributed by atoms with Crippen molar-refractivity contribution in [2.24, 2.45) is 0 Å². The van der Waals surface area contributed by atoms with E-state index in [4.69, 9.17) is 15.5 Å². The van der Waals surface area contributed by atoms with Gasteiger partial charge in [-0.25, -0.2) is 9.59 Å². The van der Waals surface area contributed by atoms with Crippen molar-refractivity contribution in [1.29, 1.82) is 5.26 Å². The lowest BCUT2D eigenvalue weighted by Crippen LogP contribution is -2.03. The predicted octanol–water partition coefficient (Wildman–Crippen LogP) is 1.35. The van der Waals surface area contributed by atoms with E-state index in [-0.39, 0.29) is 23.1 Å². The highest BCUT2D eigenvalue weighted by Gasteiger charge is 2.11. The first-order valence-corrected chi connectivity index (χ1v) is 4.52. The molecule has 1 aromatic carbocycles. The first-order chi connectivity index (χ1) is 8.06. The Balaban J connectivity index is 3.28. The molecule has 0 aromatic heterocycles. The second-order valence-corrected chi connectivity index (χ2v) is 3.01. The summed E-state index contributed by atoms with van der Waals surface area (Å²) >= 11 is 0. The summed E-state index contributed by atoms with van der Waals surface area (Å²) in [7, 11) is 0. The topological polar surface area (TPSA) is 98.4 Å². The number of carboxylic acid groups (broad SMARTS) is 2. The van der Waals surface area contributed by atoms with E-state index in [0.29, 0.717) is 0 Å². The summed E-state index contributed by atoms with van der Waals surface area (Å²) in [6.45, 7) is 0. The average molecular weight is 229 g/mol. The van der Waals surface area contributed by atoms with E-state index in [9.17, 15) is 9.59 Å². The lowest BCUT2D eigenvalue weighted by atomic mass is 10.0. The van der Waals surface area contributed by atoms with Gasteiger partial charge in [0.25, 0.3) is 0 Å². The molecule has 0 fully saturated rings. The Morgan fingerprint density at radius 1 is 1.24 bits per heavy atom. The predicted molar refractivity (Wildman–Crippen MR) is 57.5 cm³/mol. The maximum Gasteiger partial charge on any atom is 0.336 e. The number of nitrogens with zero attached hydrogens (tertiary/aromatic N) is 1. The molecule has 0 bridgehead atoms. The molecule has 84 valence electrons. The fraction of sp³-hybridized carbons (Fsp3) is 0.0833. The van der Waals surface area contributed by atoms with Crippen LogP contribution in [-0.2, 0) is 0 Å². The van der Waals surface area contributed by atoms with Crippen molar-refractivity contribution < 1.29 is 19.8 Å². The highest BCUT2D eigenvalue weighted by molar-refractivity contribution is 5.94. The zero-order valence-corrected chi connectivity index (χ0v) is 8.60. The molecule has 0 aliphatic carbocycles. The standard InChI is InChI=1S/C12H7NO4/c13-6-2-1-3-8-7-9(11(14)15)4-5-10(8)12(16)17/h4-5,7H,2H2,(H,14,15)(H,16,17). The molecule has 0 saturated heterocycles. The Kier molecular flexibility index (Phi) is 3.86. The van der Waals surface area contributed by atoms with Gasteiger partial charge in [0.15, 0.2) is 0 Å². The summed E-state index contributed by atoms with van der Waals surface area (Å²) in [5, 5.41) is 25.9. The van der Waals surface area contributed by atoms with E-state index in [1.807, 2.05) is 0 Å². The van der Waals surface area contributed by atoms with Crippen molar-refractivity contribution in [3.63, 3.8) is 0 Å². The van der Waals surface area contributed by atoms with Crippen LogP contribution in [0.1, 0.15) is 32.7 Å². The summed E-state index contributed by atoms with van der Waals surface area (Å²) in [4.78, 5) is 21.6. The van der Waals surface area contributed by atoms with Gasteiger partial charge in [-0.05, 0) is 18.2 Å². The lowest BCUT2D eigenvalue weighted by molar-refractivity contribution is 0.0681. The smallest absolute Gasteiger partial charge is 0.336 e. The fourth-order valence-corrected chi connectivity index (χ4v) is 1.15. The van der Waals surface area contributed by atoms with E-state index >= 15 is 0 Å². The molecule has 17 heavy (non-hydrogen) atoms. The summed E-state index contributed by atoms with van der Waals surface area (Å²) in [5.74, 6) is 2.57. The fourth-order valence-electron chi connectivity index (χ4n) is 1.15. The van der Waals surface area contributed by atoms with Gasteiger partial charge in [-0.15, -0.1) is 0 Å². The van der Waals surface area contributed by atoms with E-state index in [1.165, 1.54) is 18.2 Å². The average Bonchev–Trinajstić information content (AvgIpc) is 2.28. The van der Waals surface area contributed by atoms with E-state index in [2.05, 4.69) is 11.8 Å². The largest absolute Gasteiger partial charge is 0.478 e. The number of rotatable bonds is 2. The Labute approximate surface area is 96.9 Å². The first kappa shape index (κ1) is 12.3. The van der Waals surface area contributed by atoms with Gasteiger partial charge in [-0.2, -0.15) is 5.26 Å². The Hall–Kier alpha value is -2.79. The first-order valence-electron chi connectivity index (χ1n) is 4.52. The van der Waals surface area contributed by atoms with Crippen LogP contribution in [0, 0.1) is 23.2 Å². The second kappa shape index (κ2) is 5.34. The maximum absolute atomic E-state index is 10.9. The third-order valence-electron chi connectivity index (χ3n) is 1.89. The molecule has 5 nitrogen and oxygen atoms in total. The van der Waals surface area contributed by atoms with E-state index in [1.54, 1.807) is 6.07 Å². The molecule has 0 aliphatic heterocycles. The maximum atomic E-state index is 10.9. The zero-order chi connectivity index (χ0) is 12.8. The van der Waals surface area contributed by atoms with Crippen LogP contribution >= 0.6 is 0 Å². The molecule has 0 atom stereocenters. The number of aromatic carboxylic acids is 2. The van der Waals surface area contributed by atoms with Crippen molar-refractivity contribution in [3.05, 3.63) is 34.9 Å². The summed E-state index contributed by atoms with van der Waals surface area (Å²) in [6, 6.07) is 5.34. The van der Waals surface area contributed by atoms with Crippen LogP contribution in [0.25, 0.3) is 0 Å². The Morgan fingerprint density at radius 2 is 1.94 bits per heavy atom. The third-order valence-corrected chi connectivity index (χ3v) is 1.89. The molecule has 0 aliphatic rings. The van der Waals surface area contributed by atoms with Crippen molar-refractivity contribution >= 4 is 11.9 Å². The zero-order valence-electron chi connectivity index (χ0n) is 8.60. The molecule has 1 aromatic rings. The molecule has 0 amide bonds. The minimum Gasteiger partial charge on any atom is -0.478 e.